The Morgan fingerprint density at radius 3 is 2.53 bits per heavy atom. The summed E-state index contributed by atoms with van der Waals surface area (Å²) in [5.41, 5.74) is 0.0502. The van der Waals surface area contributed by atoms with Crippen molar-refractivity contribution in [2.45, 2.75) is 57.4 Å². The Kier molecular flexibility index (Phi) is 7.68. The summed E-state index contributed by atoms with van der Waals surface area (Å²) in [6.45, 7) is 5.54. The van der Waals surface area contributed by atoms with Gasteiger partial charge in [0.25, 0.3) is 5.60 Å². The van der Waals surface area contributed by atoms with Crippen molar-refractivity contribution in [1.29, 1.82) is 0 Å². The third-order valence-electron chi connectivity index (χ3n) is 6.92. The summed E-state index contributed by atoms with van der Waals surface area (Å²) in [7, 11) is 0. The average molecular weight is 528 g/mol. The van der Waals surface area contributed by atoms with Gasteiger partial charge in [-0.3, -0.25) is 4.79 Å². The van der Waals surface area contributed by atoms with Gasteiger partial charge in [-0.25, -0.2) is 0 Å². The van der Waals surface area contributed by atoms with Crippen LogP contribution >= 0.6 is 0 Å². The van der Waals surface area contributed by atoms with Crippen molar-refractivity contribution < 1.29 is 32.2 Å². The molecule has 2 aromatic rings. The quantitative estimate of drug-likeness (QED) is 0.349. The maximum Gasteiger partial charge on any atom is 0.429 e. The molecule has 0 radical (unpaired) electrons. The van der Waals surface area contributed by atoms with Gasteiger partial charge in [0.2, 0.25) is 5.91 Å². The van der Waals surface area contributed by atoms with Gasteiger partial charge in [0.15, 0.2) is 5.83 Å². The lowest BCUT2D eigenvalue weighted by Gasteiger charge is -2.34. The number of hydrogen-bond donors (Lipinski definition) is 1. The second-order valence-corrected chi connectivity index (χ2v) is 9.58. The molecule has 1 unspecified atom stereocenters. The number of nitrogens with zero attached hydrogens (tertiary/aromatic N) is 1. The van der Waals surface area contributed by atoms with Crippen molar-refractivity contribution in [3.05, 3.63) is 106 Å². The molecule has 3 atom stereocenters. The summed E-state index contributed by atoms with van der Waals surface area (Å²) < 4.78 is 60.7. The number of rotatable bonds is 5. The summed E-state index contributed by atoms with van der Waals surface area (Å²) in [6, 6.07) is 16.6. The van der Waals surface area contributed by atoms with Crippen molar-refractivity contribution in [3.63, 3.8) is 0 Å². The maximum atomic E-state index is 13.8. The highest BCUT2D eigenvalue weighted by atomic mass is 19.4. The van der Waals surface area contributed by atoms with Crippen LogP contribution in [-0.4, -0.2) is 40.3 Å². The molecule has 200 valence electrons. The van der Waals surface area contributed by atoms with Crippen LogP contribution in [0.15, 0.2) is 95.2 Å². The maximum absolute atomic E-state index is 13.8. The molecular formula is C30H29F4NO3. The summed E-state index contributed by atoms with van der Waals surface area (Å²) in [6.07, 6.45) is -2.36. The summed E-state index contributed by atoms with van der Waals surface area (Å²) in [5.74, 6) is -1.97. The predicted octanol–water partition coefficient (Wildman–Crippen LogP) is 6.68. The van der Waals surface area contributed by atoms with E-state index < -0.39 is 35.2 Å². The molecule has 1 aliphatic carbocycles. The molecular weight excluding hydrogens is 498 g/mol. The van der Waals surface area contributed by atoms with E-state index in [4.69, 9.17) is 4.74 Å². The second-order valence-electron chi connectivity index (χ2n) is 9.58. The van der Waals surface area contributed by atoms with Crippen LogP contribution in [0, 0.1) is 6.92 Å². The number of likely N-dealkylation sites (tertiary alicyclic amines) is 1. The van der Waals surface area contributed by atoms with E-state index in [1.165, 1.54) is 4.90 Å². The number of aryl methyl sites for hydroxylation is 1. The zero-order valence-corrected chi connectivity index (χ0v) is 21.3. The molecule has 8 heteroatoms. The van der Waals surface area contributed by atoms with Crippen molar-refractivity contribution in [1.82, 2.24) is 4.90 Å². The Balaban J connectivity index is 1.73. The molecule has 1 fully saturated rings. The first-order valence-corrected chi connectivity index (χ1v) is 12.4. The van der Waals surface area contributed by atoms with Crippen molar-refractivity contribution >= 4 is 5.91 Å². The minimum absolute atomic E-state index is 0.160. The molecule has 4 rings (SSSR count). The number of ether oxygens (including phenoxy) is 1. The zero-order chi connectivity index (χ0) is 27.7. The Morgan fingerprint density at radius 1 is 1.21 bits per heavy atom. The van der Waals surface area contributed by atoms with E-state index in [1.807, 2.05) is 61.2 Å². The number of halogens is 4. The van der Waals surface area contributed by atoms with E-state index >= 15 is 0 Å². The number of aliphatic hydroxyl groups is 1. The van der Waals surface area contributed by atoms with Gasteiger partial charge in [0.05, 0.1) is 12.5 Å². The van der Waals surface area contributed by atoms with Gasteiger partial charge >= 0.3 is 6.18 Å². The number of carbonyl (C=O) groups excluding carboxylic acids is 1. The predicted molar refractivity (Wildman–Crippen MR) is 136 cm³/mol. The third kappa shape index (κ3) is 5.19. The standard InChI is InChI=1S/C30H29F4NO3/c1-4-26-22(16-23-17-27(31)29(23,37)30(32,33)34)13-14-25(38-24-12-8-9-19(2)15-24)18-35(26)28(36)20(3)21-10-6-5-7-11-21/h4-12,15-16,20,25,37H,13-14,18H2,1-3H3/b22-16-,26-4?/t20-,25-,29?/m0/s1. The van der Waals surface area contributed by atoms with E-state index in [-0.39, 0.29) is 18.9 Å². The van der Waals surface area contributed by atoms with Gasteiger partial charge in [-0.15, -0.1) is 0 Å². The molecule has 4 nitrogen and oxygen atoms in total. The van der Waals surface area contributed by atoms with E-state index in [2.05, 4.69) is 0 Å². The van der Waals surface area contributed by atoms with Crippen LogP contribution in [0.1, 0.15) is 43.7 Å². The molecule has 2 aromatic carbocycles. The SMILES string of the molecule is CC=C1/C(=C\C2=C=C(F)C2(O)C(F)(F)F)CC[C@H](Oc2cccc(C)c2)CN1C(=O)[C@@H](C)c1ccccc1. The van der Waals surface area contributed by atoms with E-state index in [0.717, 1.165) is 17.2 Å². The van der Waals surface area contributed by atoms with Crippen LogP contribution in [0.4, 0.5) is 17.6 Å². The van der Waals surface area contributed by atoms with E-state index in [9.17, 15) is 27.5 Å². The largest absolute Gasteiger partial charge is 0.489 e. The number of hydrogen-bond acceptors (Lipinski definition) is 3. The van der Waals surface area contributed by atoms with Gasteiger partial charge < -0.3 is 14.7 Å². The van der Waals surface area contributed by atoms with Crippen molar-refractivity contribution in [2.75, 3.05) is 6.54 Å². The number of alkyl halides is 3. The molecule has 1 aliphatic heterocycles. The van der Waals surface area contributed by atoms with Crippen molar-refractivity contribution in [3.8, 4) is 5.75 Å². The molecule has 0 aromatic heterocycles. The monoisotopic (exact) mass is 527 g/mol. The number of amides is 1. The average Bonchev–Trinajstić information content (AvgIpc) is 3.06. The molecule has 1 amide bonds. The van der Waals surface area contributed by atoms with Gasteiger partial charge in [-0.05, 0) is 68.5 Å². The molecule has 38 heavy (non-hydrogen) atoms. The summed E-state index contributed by atoms with van der Waals surface area (Å²) in [5, 5.41) is 10.1. The second kappa shape index (κ2) is 10.6. The minimum Gasteiger partial charge on any atom is -0.489 e. The Hall–Kier alpha value is -3.61. The fraction of sp³-hybridized carbons (Fsp3) is 0.333. The van der Waals surface area contributed by atoms with Crippen LogP contribution in [0.5, 0.6) is 5.75 Å². The van der Waals surface area contributed by atoms with Gasteiger partial charge in [0.1, 0.15) is 11.9 Å². The topological polar surface area (TPSA) is 49.8 Å². The summed E-state index contributed by atoms with van der Waals surface area (Å²) >= 11 is 0. The lowest BCUT2D eigenvalue weighted by atomic mass is 9.82. The Morgan fingerprint density at radius 2 is 1.92 bits per heavy atom. The molecule has 2 aliphatic rings. The molecule has 1 N–H and O–H groups in total. The first-order chi connectivity index (χ1) is 18.0. The molecule has 1 heterocycles. The van der Waals surface area contributed by atoms with Crippen LogP contribution in [0.2, 0.25) is 0 Å². The molecule has 0 bridgehead atoms. The first-order valence-electron chi connectivity index (χ1n) is 12.4. The Labute approximate surface area is 219 Å². The van der Waals surface area contributed by atoms with Crippen LogP contribution in [-0.2, 0) is 4.79 Å². The van der Waals surface area contributed by atoms with Crippen molar-refractivity contribution in [2.24, 2.45) is 0 Å². The fourth-order valence-corrected chi connectivity index (χ4v) is 4.75. The van der Waals surface area contributed by atoms with Crippen LogP contribution in [0.3, 0.4) is 0 Å². The van der Waals surface area contributed by atoms with Crippen LogP contribution < -0.4 is 4.74 Å². The first kappa shape index (κ1) is 27.4. The number of benzene rings is 2. The molecule has 1 saturated heterocycles. The highest BCUT2D eigenvalue weighted by Gasteiger charge is 2.63. The smallest absolute Gasteiger partial charge is 0.429 e. The van der Waals surface area contributed by atoms with Gasteiger partial charge in [0, 0.05) is 11.3 Å². The minimum atomic E-state index is -5.25. The van der Waals surface area contributed by atoms with Crippen LogP contribution in [0.25, 0.3) is 0 Å². The van der Waals surface area contributed by atoms with E-state index in [1.54, 1.807) is 26.0 Å². The highest BCUT2D eigenvalue weighted by Crippen LogP contribution is 2.48. The lowest BCUT2D eigenvalue weighted by molar-refractivity contribution is -0.237. The van der Waals surface area contributed by atoms with Gasteiger partial charge in [-0.1, -0.05) is 54.3 Å². The normalized spacial score (nSPS) is 24.8. The zero-order valence-electron chi connectivity index (χ0n) is 21.3. The lowest BCUT2D eigenvalue weighted by Crippen LogP contribution is -2.50. The summed E-state index contributed by atoms with van der Waals surface area (Å²) in [4.78, 5) is 15.3. The fourth-order valence-electron chi connectivity index (χ4n) is 4.75. The third-order valence-corrected chi connectivity index (χ3v) is 6.92. The van der Waals surface area contributed by atoms with E-state index in [0.29, 0.717) is 23.4 Å². The molecule has 0 saturated carbocycles. The Bertz CT molecular complexity index is 1340. The number of allylic oxidation sites excluding steroid dienone is 2. The number of carbonyl (C=O) groups is 1. The highest BCUT2D eigenvalue weighted by molar-refractivity contribution is 5.85. The molecule has 0 spiro atoms. The van der Waals surface area contributed by atoms with Gasteiger partial charge in [-0.2, -0.15) is 17.6 Å².